The minimum Gasteiger partial charge on any atom is -0.344 e. The zero-order valence-electron chi connectivity index (χ0n) is 12.1. The number of aromatic nitrogens is 1. The van der Waals surface area contributed by atoms with Crippen molar-refractivity contribution in [3.8, 4) is 0 Å². The third kappa shape index (κ3) is 3.07. The van der Waals surface area contributed by atoms with E-state index in [4.69, 9.17) is 0 Å². The molecule has 0 fully saturated rings. The molecular formula is C16H20N2OS. The fourth-order valence-corrected chi connectivity index (χ4v) is 3.25. The molecule has 0 radical (unpaired) electrons. The zero-order valence-corrected chi connectivity index (χ0v) is 13.0. The van der Waals surface area contributed by atoms with Crippen LogP contribution in [0.25, 0.3) is 0 Å². The SMILES string of the molecule is CCc1c(C(=O)N[C@@H](CC)c2ccccn2)csc1C. The van der Waals surface area contributed by atoms with Crippen LogP contribution in [0.15, 0.2) is 29.8 Å². The minimum absolute atomic E-state index is 0.00343. The summed E-state index contributed by atoms with van der Waals surface area (Å²) in [6, 6.07) is 5.75. The average molecular weight is 288 g/mol. The third-order valence-corrected chi connectivity index (χ3v) is 4.41. The van der Waals surface area contributed by atoms with Crippen LogP contribution in [-0.4, -0.2) is 10.9 Å². The Morgan fingerprint density at radius 3 is 2.80 bits per heavy atom. The van der Waals surface area contributed by atoms with Gasteiger partial charge in [0.05, 0.1) is 17.3 Å². The summed E-state index contributed by atoms with van der Waals surface area (Å²) in [5.41, 5.74) is 2.88. The van der Waals surface area contributed by atoms with Gasteiger partial charge in [0.15, 0.2) is 0 Å². The van der Waals surface area contributed by atoms with E-state index in [1.54, 1.807) is 17.5 Å². The molecule has 2 aromatic rings. The van der Waals surface area contributed by atoms with E-state index in [1.165, 1.54) is 4.88 Å². The summed E-state index contributed by atoms with van der Waals surface area (Å²) in [6.07, 6.45) is 3.47. The topological polar surface area (TPSA) is 42.0 Å². The highest BCUT2D eigenvalue weighted by Gasteiger charge is 2.18. The summed E-state index contributed by atoms with van der Waals surface area (Å²) in [6.45, 7) is 6.21. The second-order valence-electron chi connectivity index (χ2n) is 4.73. The maximum atomic E-state index is 12.4. The molecule has 1 N–H and O–H groups in total. The highest BCUT2D eigenvalue weighted by Crippen LogP contribution is 2.23. The minimum atomic E-state index is -0.0337. The fourth-order valence-electron chi connectivity index (χ4n) is 2.31. The van der Waals surface area contributed by atoms with Gasteiger partial charge < -0.3 is 5.32 Å². The summed E-state index contributed by atoms with van der Waals surface area (Å²) >= 11 is 1.64. The number of hydrogen-bond donors (Lipinski definition) is 1. The van der Waals surface area contributed by atoms with Gasteiger partial charge in [-0.25, -0.2) is 0 Å². The van der Waals surface area contributed by atoms with Crippen molar-refractivity contribution in [2.75, 3.05) is 0 Å². The van der Waals surface area contributed by atoms with Crippen LogP contribution in [0.3, 0.4) is 0 Å². The molecule has 0 unspecified atom stereocenters. The Bertz CT molecular complexity index is 577. The van der Waals surface area contributed by atoms with E-state index in [2.05, 4.69) is 31.1 Å². The molecule has 20 heavy (non-hydrogen) atoms. The van der Waals surface area contributed by atoms with Gasteiger partial charge in [0.25, 0.3) is 5.91 Å². The molecule has 0 spiro atoms. The van der Waals surface area contributed by atoms with Gasteiger partial charge in [-0.2, -0.15) is 0 Å². The van der Waals surface area contributed by atoms with E-state index in [9.17, 15) is 4.79 Å². The van der Waals surface area contributed by atoms with Crippen molar-refractivity contribution in [2.24, 2.45) is 0 Å². The standard InChI is InChI=1S/C16H20N2OS/c1-4-12-11(3)20-10-13(12)16(19)18-14(5-2)15-8-6-7-9-17-15/h6-10,14H,4-5H2,1-3H3,(H,18,19)/t14-/m0/s1. The van der Waals surface area contributed by atoms with Gasteiger partial charge in [-0.05, 0) is 37.5 Å². The van der Waals surface area contributed by atoms with Crippen LogP contribution in [0.2, 0.25) is 0 Å². The van der Waals surface area contributed by atoms with Crippen molar-refractivity contribution in [1.82, 2.24) is 10.3 Å². The predicted molar refractivity (Wildman–Crippen MR) is 83.2 cm³/mol. The number of carbonyl (C=O) groups is 1. The maximum absolute atomic E-state index is 12.4. The van der Waals surface area contributed by atoms with Gasteiger partial charge in [-0.3, -0.25) is 9.78 Å². The number of nitrogens with zero attached hydrogens (tertiary/aromatic N) is 1. The lowest BCUT2D eigenvalue weighted by Gasteiger charge is -2.16. The predicted octanol–water partition coefficient (Wildman–Crippen LogP) is 3.90. The highest BCUT2D eigenvalue weighted by molar-refractivity contribution is 7.10. The van der Waals surface area contributed by atoms with Crippen molar-refractivity contribution < 1.29 is 4.79 Å². The number of amides is 1. The Hall–Kier alpha value is -1.68. The summed E-state index contributed by atoms with van der Waals surface area (Å²) in [5.74, 6) is 0.00343. The lowest BCUT2D eigenvalue weighted by Crippen LogP contribution is -2.29. The van der Waals surface area contributed by atoms with Gasteiger partial charge in [0.1, 0.15) is 0 Å². The van der Waals surface area contributed by atoms with Gasteiger partial charge >= 0.3 is 0 Å². The molecule has 2 aromatic heterocycles. The van der Waals surface area contributed by atoms with Gasteiger partial charge in [0, 0.05) is 16.5 Å². The Kier molecular flexibility index (Phi) is 4.90. The first kappa shape index (κ1) is 14.7. The first-order valence-corrected chi connectivity index (χ1v) is 7.84. The van der Waals surface area contributed by atoms with E-state index in [1.807, 2.05) is 23.6 Å². The number of nitrogens with one attached hydrogen (secondary N) is 1. The molecule has 0 aliphatic carbocycles. The van der Waals surface area contributed by atoms with Crippen molar-refractivity contribution in [1.29, 1.82) is 0 Å². The van der Waals surface area contributed by atoms with Crippen LogP contribution < -0.4 is 5.32 Å². The second-order valence-corrected chi connectivity index (χ2v) is 5.81. The van der Waals surface area contributed by atoms with Crippen molar-refractivity contribution in [2.45, 2.75) is 39.7 Å². The van der Waals surface area contributed by atoms with Gasteiger partial charge in [-0.15, -0.1) is 11.3 Å². The summed E-state index contributed by atoms with van der Waals surface area (Å²) in [7, 11) is 0. The van der Waals surface area contributed by atoms with Crippen LogP contribution in [0.5, 0.6) is 0 Å². The van der Waals surface area contributed by atoms with E-state index >= 15 is 0 Å². The summed E-state index contributed by atoms with van der Waals surface area (Å²) in [4.78, 5) is 18.0. The number of aryl methyl sites for hydroxylation is 1. The molecule has 0 aliphatic rings. The molecular weight excluding hydrogens is 268 g/mol. The number of rotatable bonds is 5. The molecule has 2 heterocycles. The van der Waals surface area contributed by atoms with Gasteiger partial charge in [0.2, 0.25) is 0 Å². The van der Waals surface area contributed by atoms with Gasteiger partial charge in [-0.1, -0.05) is 19.9 Å². The lowest BCUT2D eigenvalue weighted by molar-refractivity contribution is 0.0934. The smallest absolute Gasteiger partial charge is 0.252 e. The normalized spacial score (nSPS) is 12.2. The molecule has 4 heteroatoms. The second kappa shape index (κ2) is 6.66. The molecule has 2 rings (SSSR count). The van der Waals surface area contributed by atoms with Crippen LogP contribution >= 0.6 is 11.3 Å². The van der Waals surface area contributed by atoms with Crippen LogP contribution in [0.4, 0.5) is 0 Å². The molecule has 0 bridgehead atoms. The average Bonchev–Trinajstić information content (AvgIpc) is 2.86. The first-order valence-electron chi connectivity index (χ1n) is 6.96. The number of pyridine rings is 1. The summed E-state index contributed by atoms with van der Waals surface area (Å²) in [5, 5.41) is 5.05. The first-order chi connectivity index (χ1) is 9.67. The Balaban J connectivity index is 2.17. The quantitative estimate of drug-likeness (QED) is 0.906. The molecule has 106 valence electrons. The largest absolute Gasteiger partial charge is 0.344 e. The van der Waals surface area contributed by atoms with Crippen LogP contribution in [-0.2, 0) is 6.42 Å². The van der Waals surface area contributed by atoms with Crippen molar-refractivity contribution in [3.63, 3.8) is 0 Å². The molecule has 1 amide bonds. The molecule has 0 saturated heterocycles. The van der Waals surface area contributed by atoms with Crippen LogP contribution in [0, 0.1) is 6.92 Å². The fraction of sp³-hybridized carbons (Fsp3) is 0.375. The summed E-state index contributed by atoms with van der Waals surface area (Å²) < 4.78 is 0. The monoisotopic (exact) mass is 288 g/mol. The van der Waals surface area contributed by atoms with E-state index in [-0.39, 0.29) is 11.9 Å². The number of hydrogen-bond acceptors (Lipinski definition) is 3. The third-order valence-electron chi connectivity index (χ3n) is 3.46. The Morgan fingerprint density at radius 1 is 1.40 bits per heavy atom. The Morgan fingerprint density at radius 2 is 2.20 bits per heavy atom. The van der Waals surface area contributed by atoms with Crippen LogP contribution in [0.1, 0.15) is 52.8 Å². The molecule has 1 atom stereocenters. The zero-order chi connectivity index (χ0) is 14.5. The molecule has 3 nitrogen and oxygen atoms in total. The highest BCUT2D eigenvalue weighted by atomic mass is 32.1. The molecule has 0 aromatic carbocycles. The maximum Gasteiger partial charge on any atom is 0.252 e. The molecule has 0 aliphatic heterocycles. The number of thiophene rings is 1. The number of carbonyl (C=O) groups excluding carboxylic acids is 1. The lowest BCUT2D eigenvalue weighted by atomic mass is 10.1. The van der Waals surface area contributed by atoms with Crippen molar-refractivity contribution >= 4 is 17.2 Å². The Labute approximate surface area is 124 Å². The van der Waals surface area contributed by atoms with Crippen molar-refractivity contribution in [3.05, 3.63) is 51.5 Å². The van der Waals surface area contributed by atoms with E-state index < -0.39 is 0 Å². The molecule has 0 saturated carbocycles. The van der Waals surface area contributed by atoms with E-state index in [0.717, 1.165) is 29.7 Å². The van der Waals surface area contributed by atoms with E-state index in [0.29, 0.717) is 0 Å².